The summed E-state index contributed by atoms with van der Waals surface area (Å²) in [6.07, 6.45) is 0.687. The van der Waals surface area contributed by atoms with Gasteiger partial charge in [-0.2, -0.15) is 0 Å². The number of amides is 2. The lowest BCUT2D eigenvalue weighted by Gasteiger charge is -2.34. The molecule has 3 heterocycles. The Morgan fingerprint density at radius 3 is 2.38 bits per heavy atom. The molecule has 2 bridgehead atoms. The summed E-state index contributed by atoms with van der Waals surface area (Å²) in [5.41, 5.74) is -1.56. The molecule has 2 saturated heterocycles. The maximum absolute atomic E-state index is 13.5. The normalized spacial score (nSPS) is 27.7. The lowest BCUT2D eigenvalue weighted by molar-refractivity contribution is -0.226. The van der Waals surface area contributed by atoms with Gasteiger partial charge in [0.15, 0.2) is 5.60 Å². The Morgan fingerprint density at radius 2 is 1.78 bits per heavy atom. The second kappa shape index (κ2) is 7.72. The van der Waals surface area contributed by atoms with E-state index in [1.54, 1.807) is 6.08 Å². The average Bonchev–Trinajstić information content (AvgIpc) is 3.38. The van der Waals surface area contributed by atoms with E-state index in [0.29, 0.717) is 0 Å². The fourth-order valence-electron chi connectivity index (χ4n) is 4.39. The number of ether oxygens (including phenoxy) is 4. The van der Waals surface area contributed by atoms with Crippen molar-refractivity contribution in [1.82, 2.24) is 0 Å². The molecule has 0 saturated carbocycles. The third-order valence-electron chi connectivity index (χ3n) is 5.61. The highest BCUT2D eigenvalue weighted by Gasteiger charge is 2.72. The van der Waals surface area contributed by atoms with Crippen LogP contribution in [0, 0.1) is 11.8 Å². The first-order valence-corrected chi connectivity index (χ1v) is 9.95. The largest absolute Gasteiger partial charge is 0.465 e. The molecule has 0 radical (unpaired) electrons. The van der Waals surface area contributed by atoms with Gasteiger partial charge in [-0.1, -0.05) is 17.7 Å². The minimum absolute atomic E-state index is 0.0194. The van der Waals surface area contributed by atoms with Crippen LogP contribution in [0.3, 0.4) is 0 Å². The van der Waals surface area contributed by atoms with Crippen LogP contribution in [0.5, 0.6) is 0 Å². The molecule has 11 heteroatoms. The number of anilines is 1. The summed E-state index contributed by atoms with van der Waals surface area (Å²) in [6, 6.07) is 4.07. The van der Waals surface area contributed by atoms with Crippen molar-refractivity contribution in [3.8, 4) is 0 Å². The molecule has 1 aromatic carbocycles. The molecule has 0 aromatic heterocycles. The molecule has 0 aliphatic carbocycles. The minimum atomic E-state index is -1.66. The predicted octanol–water partition coefficient (Wildman–Crippen LogP) is 1.39. The standard InChI is InChI=1S/C21H18ClNO9/c1-9(24)30-20(31-10(2)25)21-7-6-14(32-21)15-16(21)18(27)23(17(15)26)11-4-5-13(22)12(8-11)19(28)29-3/h4-8,14-16,20H,1-3H3/t14-,15-,16+,21-/m1/s1. The van der Waals surface area contributed by atoms with Crippen LogP contribution in [0.25, 0.3) is 0 Å². The Kier molecular flexibility index (Phi) is 5.30. The van der Waals surface area contributed by atoms with Crippen LogP contribution in [0.1, 0.15) is 24.2 Å². The summed E-state index contributed by atoms with van der Waals surface area (Å²) in [7, 11) is 1.18. The molecule has 2 fully saturated rings. The number of carbonyl (C=O) groups is 5. The van der Waals surface area contributed by atoms with Crippen molar-refractivity contribution in [2.45, 2.75) is 31.8 Å². The number of halogens is 1. The second-order valence-corrected chi connectivity index (χ2v) is 7.92. The predicted molar refractivity (Wildman–Crippen MR) is 106 cm³/mol. The molecule has 0 spiro atoms. The molecule has 4 rings (SSSR count). The number of hydrogen-bond donors (Lipinski definition) is 0. The van der Waals surface area contributed by atoms with Gasteiger partial charge in [0.05, 0.1) is 41.3 Å². The van der Waals surface area contributed by atoms with Gasteiger partial charge in [0, 0.05) is 13.8 Å². The third-order valence-corrected chi connectivity index (χ3v) is 5.94. The van der Waals surface area contributed by atoms with E-state index in [2.05, 4.69) is 4.74 Å². The lowest BCUT2D eigenvalue weighted by Crippen LogP contribution is -2.52. The number of benzene rings is 1. The van der Waals surface area contributed by atoms with E-state index < -0.39 is 59.6 Å². The fourth-order valence-corrected chi connectivity index (χ4v) is 4.58. The van der Waals surface area contributed by atoms with Crippen molar-refractivity contribution >= 4 is 47.0 Å². The first-order chi connectivity index (χ1) is 15.1. The van der Waals surface area contributed by atoms with Gasteiger partial charge in [0.2, 0.25) is 11.8 Å². The maximum atomic E-state index is 13.5. The Labute approximate surface area is 187 Å². The zero-order valence-corrected chi connectivity index (χ0v) is 18.0. The van der Waals surface area contributed by atoms with Crippen LogP contribution in [0.4, 0.5) is 5.69 Å². The number of nitrogens with zero attached hydrogens (tertiary/aromatic N) is 1. The molecular formula is C21H18ClNO9. The van der Waals surface area contributed by atoms with Crippen LogP contribution in [0.2, 0.25) is 5.02 Å². The first kappa shape index (κ1) is 22.0. The summed E-state index contributed by atoms with van der Waals surface area (Å²) >= 11 is 6.05. The van der Waals surface area contributed by atoms with E-state index in [-0.39, 0.29) is 16.3 Å². The minimum Gasteiger partial charge on any atom is -0.465 e. The zero-order valence-electron chi connectivity index (χ0n) is 17.2. The van der Waals surface area contributed by atoms with Gasteiger partial charge >= 0.3 is 17.9 Å². The van der Waals surface area contributed by atoms with Gasteiger partial charge in [0.25, 0.3) is 6.29 Å². The first-order valence-electron chi connectivity index (χ1n) is 9.58. The van der Waals surface area contributed by atoms with E-state index in [0.717, 1.165) is 18.7 Å². The number of carbonyl (C=O) groups excluding carboxylic acids is 5. The van der Waals surface area contributed by atoms with E-state index in [4.69, 9.17) is 25.8 Å². The van der Waals surface area contributed by atoms with Crippen LogP contribution < -0.4 is 4.90 Å². The van der Waals surface area contributed by atoms with Gasteiger partial charge in [-0.3, -0.25) is 19.2 Å². The fraction of sp³-hybridized carbons (Fsp3) is 0.381. The number of methoxy groups -OCH3 is 1. The molecule has 168 valence electrons. The zero-order chi connectivity index (χ0) is 23.4. The van der Waals surface area contributed by atoms with Crippen LogP contribution in [0.15, 0.2) is 30.4 Å². The smallest absolute Gasteiger partial charge is 0.339 e. The molecule has 3 aliphatic rings. The molecule has 0 unspecified atom stereocenters. The molecule has 10 nitrogen and oxygen atoms in total. The Balaban J connectivity index is 1.75. The van der Waals surface area contributed by atoms with Crippen molar-refractivity contribution in [3.05, 3.63) is 40.9 Å². The van der Waals surface area contributed by atoms with Gasteiger partial charge in [-0.25, -0.2) is 9.69 Å². The summed E-state index contributed by atoms with van der Waals surface area (Å²) < 4.78 is 20.9. The van der Waals surface area contributed by atoms with Crippen molar-refractivity contribution in [1.29, 1.82) is 0 Å². The monoisotopic (exact) mass is 463 g/mol. The second-order valence-electron chi connectivity index (χ2n) is 7.52. The van der Waals surface area contributed by atoms with E-state index in [1.165, 1.54) is 31.4 Å². The summed E-state index contributed by atoms with van der Waals surface area (Å²) in [5.74, 6) is -5.54. The Bertz CT molecular complexity index is 1070. The molecule has 1 aromatic rings. The van der Waals surface area contributed by atoms with Crippen molar-refractivity contribution in [3.63, 3.8) is 0 Å². The topological polar surface area (TPSA) is 126 Å². The van der Waals surface area contributed by atoms with Crippen LogP contribution in [-0.2, 0) is 38.1 Å². The highest BCUT2D eigenvalue weighted by atomic mass is 35.5. The van der Waals surface area contributed by atoms with E-state index >= 15 is 0 Å². The molecule has 32 heavy (non-hydrogen) atoms. The molecule has 3 aliphatic heterocycles. The SMILES string of the molecule is COC(=O)c1cc(N2C(=O)[C@H]3[C@@H](C2=O)[C@@]2(C(OC(C)=O)OC(C)=O)C=C[C@H]3O2)ccc1Cl. The van der Waals surface area contributed by atoms with E-state index in [9.17, 15) is 24.0 Å². The quantitative estimate of drug-likeness (QED) is 0.275. The summed E-state index contributed by atoms with van der Waals surface area (Å²) in [4.78, 5) is 62.9. The number of esters is 3. The van der Waals surface area contributed by atoms with Gasteiger partial charge in [0.1, 0.15) is 0 Å². The Morgan fingerprint density at radius 1 is 1.12 bits per heavy atom. The van der Waals surface area contributed by atoms with Crippen LogP contribution >= 0.6 is 11.6 Å². The van der Waals surface area contributed by atoms with Gasteiger partial charge in [-0.05, 0) is 24.3 Å². The van der Waals surface area contributed by atoms with Crippen LogP contribution in [-0.4, -0.2) is 54.8 Å². The van der Waals surface area contributed by atoms with Crippen molar-refractivity contribution < 1.29 is 42.9 Å². The molecule has 0 N–H and O–H groups in total. The highest BCUT2D eigenvalue weighted by molar-refractivity contribution is 6.34. The number of imide groups is 1. The average molecular weight is 464 g/mol. The number of hydrogen-bond acceptors (Lipinski definition) is 9. The molecular weight excluding hydrogens is 446 g/mol. The molecule has 4 atom stereocenters. The lowest BCUT2D eigenvalue weighted by atomic mass is 9.76. The summed E-state index contributed by atoms with van der Waals surface area (Å²) in [5, 5.41) is 0.0891. The number of rotatable bonds is 5. The van der Waals surface area contributed by atoms with Crippen molar-refractivity contribution in [2.75, 3.05) is 12.0 Å². The van der Waals surface area contributed by atoms with Crippen molar-refractivity contribution in [2.24, 2.45) is 11.8 Å². The summed E-state index contributed by atoms with van der Waals surface area (Å²) in [6.45, 7) is 2.23. The third kappa shape index (κ3) is 3.18. The van der Waals surface area contributed by atoms with Gasteiger partial charge in [-0.15, -0.1) is 0 Å². The highest BCUT2D eigenvalue weighted by Crippen LogP contribution is 2.54. The number of fused-ring (bicyclic) bond motifs is 5. The maximum Gasteiger partial charge on any atom is 0.339 e. The Hall–Kier alpha value is -3.24. The molecule has 2 amide bonds. The van der Waals surface area contributed by atoms with Gasteiger partial charge < -0.3 is 18.9 Å². The van der Waals surface area contributed by atoms with E-state index in [1.807, 2.05) is 0 Å².